The summed E-state index contributed by atoms with van der Waals surface area (Å²) in [4.78, 5) is 24.2. The summed E-state index contributed by atoms with van der Waals surface area (Å²) in [6, 6.07) is 0. The molecule has 0 aromatic heterocycles. The van der Waals surface area contributed by atoms with Gasteiger partial charge in [-0.3, -0.25) is 14.5 Å². The average Bonchev–Trinajstić information content (AvgIpc) is 2.51. The third-order valence-corrected chi connectivity index (χ3v) is 3.32. The van der Waals surface area contributed by atoms with Crippen molar-refractivity contribution in [1.29, 1.82) is 0 Å². The number of carbonyl (C=O) groups excluding carboxylic acids is 2. The molecule has 0 aromatic carbocycles. The van der Waals surface area contributed by atoms with Gasteiger partial charge in [-0.25, -0.2) is 0 Å². The Morgan fingerprint density at radius 1 is 1.00 bits per heavy atom. The van der Waals surface area contributed by atoms with Crippen LogP contribution in [0.25, 0.3) is 0 Å². The summed E-state index contributed by atoms with van der Waals surface area (Å²) >= 11 is 0. The number of amides is 2. The molecule has 1 heterocycles. The Morgan fingerprint density at radius 3 is 2.14 bits per heavy atom. The van der Waals surface area contributed by atoms with Gasteiger partial charge in [0.2, 0.25) is 11.8 Å². The molecular formula is C11H17NO2. The first-order valence-electron chi connectivity index (χ1n) is 5.60. The van der Waals surface area contributed by atoms with Crippen LogP contribution in [0.4, 0.5) is 0 Å². The SMILES string of the molecule is O=C1CCC(=O)N1CC1CCCCC1. The molecule has 1 saturated carbocycles. The van der Waals surface area contributed by atoms with Gasteiger partial charge >= 0.3 is 0 Å². The zero-order valence-electron chi connectivity index (χ0n) is 8.50. The van der Waals surface area contributed by atoms with Gasteiger partial charge in [0.05, 0.1) is 0 Å². The fourth-order valence-electron chi connectivity index (χ4n) is 2.45. The smallest absolute Gasteiger partial charge is 0.229 e. The Kier molecular flexibility index (Phi) is 2.85. The van der Waals surface area contributed by atoms with Crippen molar-refractivity contribution in [2.45, 2.75) is 44.9 Å². The topological polar surface area (TPSA) is 37.4 Å². The lowest BCUT2D eigenvalue weighted by atomic mass is 9.89. The summed E-state index contributed by atoms with van der Waals surface area (Å²) in [6.45, 7) is 0.692. The highest BCUT2D eigenvalue weighted by Crippen LogP contribution is 2.26. The molecular weight excluding hydrogens is 178 g/mol. The molecule has 3 nitrogen and oxygen atoms in total. The number of carbonyl (C=O) groups is 2. The molecule has 3 heteroatoms. The minimum atomic E-state index is 0.0422. The first kappa shape index (κ1) is 9.69. The van der Waals surface area contributed by atoms with E-state index in [1.54, 1.807) is 0 Å². The van der Waals surface area contributed by atoms with Gasteiger partial charge in [-0.2, -0.15) is 0 Å². The van der Waals surface area contributed by atoms with Crippen LogP contribution in [0.3, 0.4) is 0 Å². The monoisotopic (exact) mass is 195 g/mol. The van der Waals surface area contributed by atoms with Crippen LogP contribution in [-0.4, -0.2) is 23.3 Å². The van der Waals surface area contributed by atoms with Crippen LogP contribution in [-0.2, 0) is 9.59 Å². The lowest BCUT2D eigenvalue weighted by Crippen LogP contribution is -2.34. The Labute approximate surface area is 84.5 Å². The number of hydrogen-bond acceptors (Lipinski definition) is 2. The molecule has 2 amide bonds. The Balaban J connectivity index is 1.89. The Bertz CT molecular complexity index is 228. The molecule has 0 radical (unpaired) electrons. The van der Waals surface area contributed by atoms with Crippen molar-refractivity contribution in [3.8, 4) is 0 Å². The fourth-order valence-corrected chi connectivity index (χ4v) is 2.45. The van der Waals surface area contributed by atoms with Gasteiger partial charge in [-0.05, 0) is 18.8 Å². The van der Waals surface area contributed by atoms with E-state index in [0.29, 0.717) is 25.3 Å². The number of imide groups is 1. The van der Waals surface area contributed by atoms with E-state index < -0.39 is 0 Å². The van der Waals surface area contributed by atoms with Gasteiger partial charge in [0.15, 0.2) is 0 Å². The standard InChI is InChI=1S/C11H17NO2/c13-10-6-7-11(14)12(10)8-9-4-2-1-3-5-9/h9H,1-8H2. The van der Waals surface area contributed by atoms with Gasteiger partial charge in [0.1, 0.15) is 0 Å². The summed E-state index contributed by atoms with van der Waals surface area (Å²) in [6.07, 6.45) is 7.10. The molecule has 1 aliphatic heterocycles. The third kappa shape index (κ3) is 1.97. The van der Waals surface area contributed by atoms with Gasteiger partial charge < -0.3 is 0 Å². The number of nitrogens with zero attached hydrogens (tertiary/aromatic N) is 1. The van der Waals surface area contributed by atoms with E-state index in [1.807, 2.05) is 0 Å². The van der Waals surface area contributed by atoms with Crippen molar-refractivity contribution in [2.75, 3.05) is 6.54 Å². The molecule has 78 valence electrons. The van der Waals surface area contributed by atoms with Crippen molar-refractivity contribution < 1.29 is 9.59 Å². The Hall–Kier alpha value is -0.860. The van der Waals surface area contributed by atoms with E-state index in [0.717, 1.165) is 0 Å². The van der Waals surface area contributed by atoms with E-state index in [1.165, 1.54) is 37.0 Å². The second kappa shape index (κ2) is 4.11. The minimum absolute atomic E-state index is 0.0422. The molecule has 0 atom stereocenters. The quantitative estimate of drug-likeness (QED) is 0.629. The minimum Gasteiger partial charge on any atom is -0.282 e. The highest BCUT2D eigenvalue weighted by Gasteiger charge is 2.30. The van der Waals surface area contributed by atoms with Crippen LogP contribution >= 0.6 is 0 Å². The highest BCUT2D eigenvalue weighted by atomic mass is 16.2. The van der Waals surface area contributed by atoms with Crippen LogP contribution in [0.1, 0.15) is 44.9 Å². The predicted octanol–water partition coefficient (Wildman–Crippen LogP) is 1.72. The number of likely N-dealkylation sites (tertiary alicyclic amines) is 1. The lowest BCUT2D eigenvalue weighted by Gasteiger charge is -2.25. The van der Waals surface area contributed by atoms with Crippen molar-refractivity contribution in [3.63, 3.8) is 0 Å². The first-order chi connectivity index (χ1) is 6.77. The summed E-state index contributed by atoms with van der Waals surface area (Å²) in [7, 11) is 0. The molecule has 0 aromatic rings. The van der Waals surface area contributed by atoms with Crippen LogP contribution in [0, 0.1) is 5.92 Å². The van der Waals surface area contributed by atoms with E-state index >= 15 is 0 Å². The van der Waals surface area contributed by atoms with Crippen molar-refractivity contribution in [3.05, 3.63) is 0 Å². The van der Waals surface area contributed by atoms with Gasteiger partial charge in [0.25, 0.3) is 0 Å². The van der Waals surface area contributed by atoms with Crippen molar-refractivity contribution in [1.82, 2.24) is 4.90 Å². The first-order valence-corrected chi connectivity index (χ1v) is 5.60. The molecule has 1 saturated heterocycles. The molecule has 2 rings (SSSR count). The normalized spacial score (nSPS) is 24.7. The average molecular weight is 195 g/mol. The van der Waals surface area contributed by atoms with Crippen LogP contribution in [0.5, 0.6) is 0 Å². The Morgan fingerprint density at radius 2 is 1.57 bits per heavy atom. The second-order valence-electron chi connectivity index (χ2n) is 4.40. The largest absolute Gasteiger partial charge is 0.282 e. The van der Waals surface area contributed by atoms with Gasteiger partial charge in [0, 0.05) is 19.4 Å². The summed E-state index contributed by atoms with van der Waals surface area (Å²) in [5.41, 5.74) is 0. The number of rotatable bonds is 2. The van der Waals surface area contributed by atoms with E-state index in [-0.39, 0.29) is 11.8 Å². The summed E-state index contributed by atoms with van der Waals surface area (Å²) < 4.78 is 0. The maximum atomic E-state index is 11.4. The predicted molar refractivity (Wildman–Crippen MR) is 52.5 cm³/mol. The van der Waals surface area contributed by atoms with Crippen LogP contribution in [0.15, 0.2) is 0 Å². The van der Waals surface area contributed by atoms with E-state index in [2.05, 4.69) is 0 Å². The van der Waals surface area contributed by atoms with Gasteiger partial charge in [-0.15, -0.1) is 0 Å². The highest BCUT2D eigenvalue weighted by molar-refractivity contribution is 6.01. The molecule has 2 aliphatic rings. The zero-order valence-corrected chi connectivity index (χ0v) is 8.50. The van der Waals surface area contributed by atoms with Crippen LogP contribution < -0.4 is 0 Å². The van der Waals surface area contributed by atoms with E-state index in [4.69, 9.17) is 0 Å². The maximum absolute atomic E-state index is 11.4. The molecule has 0 spiro atoms. The maximum Gasteiger partial charge on any atom is 0.229 e. The second-order valence-corrected chi connectivity index (χ2v) is 4.40. The lowest BCUT2D eigenvalue weighted by molar-refractivity contribution is -0.139. The zero-order chi connectivity index (χ0) is 9.97. The third-order valence-electron chi connectivity index (χ3n) is 3.32. The fraction of sp³-hybridized carbons (Fsp3) is 0.818. The van der Waals surface area contributed by atoms with Crippen molar-refractivity contribution >= 4 is 11.8 Å². The van der Waals surface area contributed by atoms with Crippen LogP contribution in [0.2, 0.25) is 0 Å². The van der Waals surface area contributed by atoms with Gasteiger partial charge in [-0.1, -0.05) is 19.3 Å². The molecule has 0 unspecified atom stereocenters. The summed E-state index contributed by atoms with van der Waals surface area (Å²) in [5.74, 6) is 0.663. The molecule has 2 fully saturated rings. The van der Waals surface area contributed by atoms with Crippen molar-refractivity contribution in [2.24, 2.45) is 5.92 Å². The molecule has 14 heavy (non-hydrogen) atoms. The number of hydrogen-bond donors (Lipinski definition) is 0. The molecule has 0 bridgehead atoms. The molecule has 1 aliphatic carbocycles. The van der Waals surface area contributed by atoms with E-state index in [9.17, 15) is 9.59 Å². The molecule has 0 N–H and O–H groups in total. The summed E-state index contributed by atoms with van der Waals surface area (Å²) in [5, 5.41) is 0.